The first-order valence-electron chi connectivity index (χ1n) is 6.67. The van der Waals surface area contributed by atoms with E-state index in [9.17, 15) is 9.59 Å². The highest BCUT2D eigenvalue weighted by molar-refractivity contribution is 8.00. The first kappa shape index (κ1) is 15.6. The fourth-order valence-corrected chi connectivity index (χ4v) is 2.97. The van der Waals surface area contributed by atoms with Crippen LogP contribution < -0.4 is 0 Å². The minimum Gasteiger partial charge on any atom is -0.293 e. The van der Waals surface area contributed by atoms with Gasteiger partial charge in [0.2, 0.25) is 5.91 Å². The van der Waals surface area contributed by atoms with Crippen LogP contribution in [0.1, 0.15) is 22.1 Å². The number of halogens is 1. The van der Waals surface area contributed by atoms with Crippen molar-refractivity contribution >= 4 is 46.2 Å². The second-order valence-electron chi connectivity index (χ2n) is 4.70. The Kier molecular flexibility index (Phi) is 4.40. The van der Waals surface area contributed by atoms with Crippen LogP contribution in [0, 0.1) is 0 Å². The fraction of sp³-hybridized carbons (Fsp3) is 0.133. The van der Waals surface area contributed by atoms with Gasteiger partial charge in [-0.05, 0) is 24.3 Å². The number of hydrogen-bond acceptors (Lipinski definition) is 6. The molecule has 0 aliphatic heterocycles. The van der Waals surface area contributed by atoms with Crippen molar-refractivity contribution in [1.82, 2.24) is 19.5 Å². The molecule has 0 N–H and O–H groups in total. The fourth-order valence-electron chi connectivity index (χ4n) is 2.00. The molecule has 23 heavy (non-hydrogen) atoms. The number of rotatable bonds is 4. The van der Waals surface area contributed by atoms with Gasteiger partial charge >= 0.3 is 0 Å². The van der Waals surface area contributed by atoms with Crippen molar-refractivity contribution < 1.29 is 9.59 Å². The molecular weight excluding hydrogens is 336 g/mol. The summed E-state index contributed by atoms with van der Waals surface area (Å²) in [5, 5.41) is 1.15. The molecule has 0 unspecified atom stereocenters. The lowest BCUT2D eigenvalue weighted by Gasteiger charge is -2.02. The van der Waals surface area contributed by atoms with E-state index in [1.54, 1.807) is 24.3 Å². The SMILES string of the molecule is CC(=O)n1cnc2c(SCC(=O)c3ccc(Cl)cc3)ncnc21. The summed E-state index contributed by atoms with van der Waals surface area (Å²) in [6.45, 7) is 1.43. The van der Waals surface area contributed by atoms with Crippen LogP contribution >= 0.6 is 23.4 Å². The van der Waals surface area contributed by atoms with Gasteiger partial charge in [0.25, 0.3) is 0 Å². The Hall–Kier alpha value is -2.25. The van der Waals surface area contributed by atoms with Crippen molar-refractivity contribution in [3.63, 3.8) is 0 Å². The lowest BCUT2D eigenvalue weighted by Crippen LogP contribution is -2.05. The molecule has 6 nitrogen and oxygen atoms in total. The number of aromatic nitrogens is 4. The number of ketones is 1. The zero-order valence-electron chi connectivity index (χ0n) is 12.1. The smallest absolute Gasteiger partial charge is 0.230 e. The van der Waals surface area contributed by atoms with E-state index < -0.39 is 0 Å². The summed E-state index contributed by atoms with van der Waals surface area (Å²) >= 11 is 7.07. The summed E-state index contributed by atoms with van der Waals surface area (Å²) in [6.07, 6.45) is 2.77. The topological polar surface area (TPSA) is 77.7 Å². The van der Waals surface area contributed by atoms with Crippen LogP contribution in [-0.2, 0) is 0 Å². The summed E-state index contributed by atoms with van der Waals surface area (Å²) in [4.78, 5) is 36.1. The standard InChI is InChI=1S/C15H11ClN4O2S/c1-9(21)20-8-19-13-14(20)17-7-18-15(13)23-6-12(22)10-2-4-11(16)5-3-10/h2-5,7-8H,6H2,1H3. The average Bonchev–Trinajstić information content (AvgIpc) is 2.98. The molecule has 0 atom stereocenters. The maximum absolute atomic E-state index is 12.2. The Balaban J connectivity index is 1.81. The van der Waals surface area contributed by atoms with Gasteiger partial charge in [-0.15, -0.1) is 0 Å². The average molecular weight is 347 g/mol. The van der Waals surface area contributed by atoms with Crippen molar-refractivity contribution in [3.05, 3.63) is 47.5 Å². The van der Waals surface area contributed by atoms with Crippen LogP contribution in [0.25, 0.3) is 11.2 Å². The normalized spacial score (nSPS) is 10.9. The summed E-state index contributed by atoms with van der Waals surface area (Å²) in [6, 6.07) is 6.73. The number of benzene rings is 1. The van der Waals surface area contributed by atoms with Crippen molar-refractivity contribution in [2.24, 2.45) is 0 Å². The second-order valence-corrected chi connectivity index (χ2v) is 6.10. The molecule has 0 radical (unpaired) electrons. The molecule has 0 fully saturated rings. The van der Waals surface area contributed by atoms with E-state index in [4.69, 9.17) is 11.6 Å². The lowest BCUT2D eigenvalue weighted by atomic mass is 10.1. The molecule has 3 rings (SSSR count). The van der Waals surface area contributed by atoms with Gasteiger partial charge in [0.15, 0.2) is 11.4 Å². The number of carbonyl (C=O) groups excluding carboxylic acids is 2. The van der Waals surface area contributed by atoms with E-state index in [1.807, 2.05) is 0 Å². The number of imidazole rings is 1. The Labute approximate surface area is 140 Å². The molecule has 116 valence electrons. The largest absolute Gasteiger partial charge is 0.293 e. The summed E-state index contributed by atoms with van der Waals surface area (Å²) in [7, 11) is 0. The van der Waals surface area contributed by atoms with Crippen molar-refractivity contribution in [2.75, 3.05) is 5.75 Å². The Bertz CT molecular complexity index is 892. The highest BCUT2D eigenvalue weighted by atomic mass is 35.5. The van der Waals surface area contributed by atoms with E-state index in [2.05, 4.69) is 15.0 Å². The first-order chi connectivity index (χ1) is 11.1. The molecule has 0 amide bonds. The van der Waals surface area contributed by atoms with E-state index in [-0.39, 0.29) is 17.4 Å². The van der Waals surface area contributed by atoms with Crippen molar-refractivity contribution in [3.8, 4) is 0 Å². The maximum atomic E-state index is 12.2. The number of carbonyl (C=O) groups is 2. The zero-order valence-corrected chi connectivity index (χ0v) is 13.6. The van der Waals surface area contributed by atoms with Gasteiger partial charge in [-0.2, -0.15) is 0 Å². The minimum atomic E-state index is -0.181. The zero-order chi connectivity index (χ0) is 16.4. The molecular formula is C15H11ClN4O2S. The summed E-state index contributed by atoms with van der Waals surface area (Å²) in [5.41, 5.74) is 1.53. The Morgan fingerprint density at radius 1 is 1.17 bits per heavy atom. The van der Waals surface area contributed by atoms with Gasteiger partial charge in [0, 0.05) is 17.5 Å². The third kappa shape index (κ3) is 3.25. The van der Waals surface area contributed by atoms with Crippen molar-refractivity contribution in [2.45, 2.75) is 11.9 Å². The summed E-state index contributed by atoms with van der Waals surface area (Å²) < 4.78 is 1.35. The molecule has 0 bridgehead atoms. The van der Waals surface area contributed by atoms with Gasteiger partial charge in [-0.3, -0.25) is 14.2 Å². The van der Waals surface area contributed by atoms with Crippen LogP contribution in [0.3, 0.4) is 0 Å². The van der Waals surface area contributed by atoms with Crippen LogP contribution in [0.15, 0.2) is 41.9 Å². The summed E-state index contributed by atoms with van der Waals surface area (Å²) in [5.74, 6) is -0.00968. The number of nitrogens with zero attached hydrogens (tertiary/aromatic N) is 4. The second kappa shape index (κ2) is 6.47. The molecule has 1 aromatic carbocycles. The molecule has 0 saturated carbocycles. The van der Waals surface area contributed by atoms with Gasteiger partial charge < -0.3 is 0 Å². The maximum Gasteiger partial charge on any atom is 0.230 e. The third-order valence-electron chi connectivity index (χ3n) is 3.15. The first-order valence-corrected chi connectivity index (χ1v) is 8.03. The van der Waals surface area contributed by atoms with Crippen LogP contribution in [0.5, 0.6) is 0 Å². The predicted octanol–water partition coefficient (Wildman–Crippen LogP) is 3.11. The van der Waals surface area contributed by atoms with Gasteiger partial charge in [-0.1, -0.05) is 23.4 Å². The van der Waals surface area contributed by atoms with E-state index in [1.165, 1.54) is 35.9 Å². The Morgan fingerprint density at radius 2 is 1.91 bits per heavy atom. The van der Waals surface area contributed by atoms with Gasteiger partial charge in [-0.25, -0.2) is 15.0 Å². The predicted molar refractivity (Wildman–Crippen MR) is 88.1 cm³/mol. The molecule has 0 spiro atoms. The lowest BCUT2D eigenvalue weighted by molar-refractivity contribution is 0.0939. The van der Waals surface area contributed by atoms with Crippen molar-refractivity contribution in [1.29, 1.82) is 0 Å². The number of hydrogen-bond donors (Lipinski definition) is 0. The molecule has 3 aromatic rings. The molecule has 0 aliphatic rings. The van der Waals surface area contributed by atoms with E-state index in [0.717, 1.165) is 0 Å². The van der Waals surface area contributed by atoms with Gasteiger partial charge in [0.1, 0.15) is 23.2 Å². The van der Waals surface area contributed by atoms with Gasteiger partial charge in [0.05, 0.1) is 5.75 Å². The molecule has 0 saturated heterocycles. The number of Topliss-reactive ketones (excluding diaryl/α,β-unsaturated/α-hetero) is 1. The number of fused-ring (bicyclic) bond motifs is 1. The third-order valence-corrected chi connectivity index (χ3v) is 4.38. The quantitative estimate of drug-likeness (QED) is 0.410. The monoisotopic (exact) mass is 346 g/mol. The van der Waals surface area contributed by atoms with E-state index >= 15 is 0 Å². The molecule has 2 aromatic heterocycles. The van der Waals surface area contributed by atoms with Crippen LogP contribution in [-0.4, -0.2) is 37.0 Å². The van der Waals surface area contributed by atoms with E-state index in [0.29, 0.717) is 26.8 Å². The Morgan fingerprint density at radius 3 is 2.61 bits per heavy atom. The highest BCUT2D eigenvalue weighted by Gasteiger charge is 2.14. The van der Waals surface area contributed by atoms with Crippen LogP contribution in [0.4, 0.5) is 0 Å². The molecule has 2 heterocycles. The molecule has 8 heteroatoms. The number of thioether (sulfide) groups is 1. The molecule has 0 aliphatic carbocycles. The minimum absolute atomic E-state index is 0.0376. The van der Waals surface area contributed by atoms with Crippen LogP contribution in [0.2, 0.25) is 5.02 Å². The highest BCUT2D eigenvalue weighted by Crippen LogP contribution is 2.24.